The molecule has 0 aromatic carbocycles. The Labute approximate surface area is 123 Å². The highest BCUT2D eigenvalue weighted by Gasteiger charge is 2.19. The van der Waals surface area contributed by atoms with Gasteiger partial charge in [-0.25, -0.2) is 9.97 Å². The Balaban J connectivity index is 1.93. The van der Waals surface area contributed by atoms with Crippen LogP contribution in [-0.4, -0.2) is 29.1 Å². The van der Waals surface area contributed by atoms with Crippen LogP contribution in [0.25, 0.3) is 0 Å². The molecule has 0 bridgehead atoms. The van der Waals surface area contributed by atoms with Crippen LogP contribution < -0.4 is 10.2 Å². The number of aromatic nitrogens is 2. The zero-order valence-electron chi connectivity index (χ0n) is 13.1. The van der Waals surface area contributed by atoms with E-state index in [1.165, 1.54) is 25.7 Å². The summed E-state index contributed by atoms with van der Waals surface area (Å²) < 4.78 is 0. The molecule has 4 heteroatoms. The molecule has 0 saturated carbocycles. The van der Waals surface area contributed by atoms with Gasteiger partial charge in [0.05, 0.1) is 0 Å². The van der Waals surface area contributed by atoms with Crippen LogP contribution in [0.15, 0.2) is 12.4 Å². The second-order valence-corrected chi connectivity index (χ2v) is 6.31. The molecule has 2 heterocycles. The van der Waals surface area contributed by atoms with Crippen molar-refractivity contribution in [3.05, 3.63) is 18.0 Å². The molecule has 4 nitrogen and oxygen atoms in total. The molecule has 1 saturated heterocycles. The first-order chi connectivity index (χ1) is 9.66. The Morgan fingerprint density at radius 2 is 2.00 bits per heavy atom. The van der Waals surface area contributed by atoms with Crippen molar-refractivity contribution in [3.63, 3.8) is 0 Å². The van der Waals surface area contributed by atoms with Gasteiger partial charge < -0.3 is 10.2 Å². The number of nitrogens with one attached hydrogen (secondary N) is 1. The lowest BCUT2D eigenvalue weighted by atomic mass is 10.1. The van der Waals surface area contributed by atoms with E-state index in [-0.39, 0.29) is 0 Å². The zero-order chi connectivity index (χ0) is 14.4. The van der Waals surface area contributed by atoms with Crippen molar-refractivity contribution in [3.8, 4) is 0 Å². The van der Waals surface area contributed by atoms with E-state index in [0.717, 1.165) is 31.1 Å². The molecule has 1 N–H and O–H groups in total. The van der Waals surface area contributed by atoms with Crippen LogP contribution in [0, 0.1) is 5.92 Å². The van der Waals surface area contributed by atoms with Crippen LogP contribution in [0.3, 0.4) is 0 Å². The first-order valence-electron chi connectivity index (χ1n) is 7.95. The van der Waals surface area contributed by atoms with Crippen molar-refractivity contribution in [2.24, 2.45) is 5.92 Å². The Hall–Kier alpha value is -1.16. The van der Waals surface area contributed by atoms with E-state index in [2.05, 4.69) is 41.0 Å². The standard InChI is InChI=1S/C16H28N4/c1-13(2)9-17-10-15-11-18-16(19-12-15)20-8-6-4-5-7-14(20)3/h11-14,17H,4-10H2,1-3H3. The minimum absolute atomic E-state index is 0.558. The third-order valence-electron chi connectivity index (χ3n) is 3.88. The third kappa shape index (κ3) is 4.44. The highest BCUT2D eigenvalue weighted by atomic mass is 15.3. The van der Waals surface area contributed by atoms with Crippen LogP contribution in [-0.2, 0) is 6.54 Å². The Bertz CT molecular complexity index is 388. The van der Waals surface area contributed by atoms with Crippen LogP contribution in [0.1, 0.15) is 52.0 Å². The number of nitrogens with zero attached hydrogens (tertiary/aromatic N) is 3. The SMILES string of the molecule is CC(C)CNCc1cnc(N2CCCCCC2C)nc1. The zero-order valence-corrected chi connectivity index (χ0v) is 13.1. The second kappa shape index (κ2) is 7.58. The molecule has 1 unspecified atom stereocenters. The molecule has 20 heavy (non-hydrogen) atoms. The Morgan fingerprint density at radius 1 is 1.25 bits per heavy atom. The van der Waals surface area contributed by atoms with Crippen molar-refractivity contribution >= 4 is 5.95 Å². The van der Waals surface area contributed by atoms with E-state index in [9.17, 15) is 0 Å². The summed E-state index contributed by atoms with van der Waals surface area (Å²) in [7, 11) is 0. The number of anilines is 1. The molecule has 2 rings (SSSR count). The van der Waals surface area contributed by atoms with Gasteiger partial charge in [0.1, 0.15) is 0 Å². The summed E-state index contributed by atoms with van der Waals surface area (Å²) >= 11 is 0. The third-order valence-corrected chi connectivity index (χ3v) is 3.88. The van der Waals surface area contributed by atoms with Crippen molar-refractivity contribution in [2.75, 3.05) is 18.0 Å². The van der Waals surface area contributed by atoms with Crippen LogP contribution in [0.5, 0.6) is 0 Å². The summed E-state index contributed by atoms with van der Waals surface area (Å²) in [5.74, 6) is 1.57. The van der Waals surface area contributed by atoms with Gasteiger partial charge in [-0.1, -0.05) is 26.7 Å². The summed E-state index contributed by atoms with van der Waals surface area (Å²) in [4.78, 5) is 11.5. The first kappa shape index (κ1) is 15.2. The molecule has 1 aliphatic rings. The lowest BCUT2D eigenvalue weighted by Gasteiger charge is -2.27. The maximum Gasteiger partial charge on any atom is 0.225 e. The fraction of sp³-hybridized carbons (Fsp3) is 0.750. The van der Waals surface area contributed by atoms with Gasteiger partial charge >= 0.3 is 0 Å². The van der Waals surface area contributed by atoms with E-state index in [1.807, 2.05) is 12.4 Å². The fourth-order valence-corrected chi connectivity index (χ4v) is 2.66. The topological polar surface area (TPSA) is 41.1 Å². The van der Waals surface area contributed by atoms with Gasteiger partial charge in [-0.15, -0.1) is 0 Å². The molecule has 0 aliphatic carbocycles. The molecule has 0 radical (unpaired) electrons. The quantitative estimate of drug-likeness (QED) is 0.897. The Morgan fingerprint density at radius 3 is 2.70 bits per heavy atom. The van der Waals surface area contributed by atoms with Gasteiger partial charge in [0.15, 0.2) is 0 Å². The lowest BCUT2D eigenvalue weighted by molar-refractivity contribution is 0.550. The monoisotopic (exact) mass is 276 g/mol. The van der Waals surface area contributed by atoms with Gasteiger partial charge in [0, 0.05) is 37.1 Å². The molecule has 112 valence electrons. The van der Waals surface area contributed by atoms with Crippen molar-refractivity contribution in [2.45, 2.75) is 59.0 Å². The molecular formula is C16H28N4. The van der Waals surface area contributed by atoms with Gasteiger partial charge in [-0.3, -0.25) is 0 Å². The molecular weight excluding hydrogens is 248 g/mol. The summed E-state index contributed by atoms with van der Waals surface area (Å²) in [5, 5.41) is 3.43. The van der Waals surface area contributed by atoms with E-state index in [1.54, 1.807) is 0 Å². The van der Waals surface area contributed by atoms with E-state index < -0.39 is 0 Å². The van der Waals surface area contributed by atoms with E-state index in [4.69, 9.17) is 0 Å². The van der Waals surface area contributed by atoms with Crippen LogP contribution in [0.2, 0.25) is 0 Å². The molecule has 1 aromatic heterocycles. The number of hydrogen-bond acceptors (Lipinski definition) is 4. The number of rotatable bonds is 5. The second-order valence-electron chi connectivity index (χ2n) is 6.31. The highest BCUT2D eigenvalue weighted by Crippen LogP contribution is 2.20. The largest absolute Gasteiger partial charge is 0.338 e. The first-order valence-corrected chi connectivity index (χ1v) is 7.95. The molecule has 1 aliphatic heterocycles. The normalized spacial score (nSPS) is 20.2. The average molecular weight is 276 g/mol. The van der Waals surface area contributed by atoms with Crippen molar-refractivity contribution in [1.82, 2.24) is 15.3 Å². The fourth-order valence-electron chi connectivity index (χ4n) is 2.66. The number of hydrogen-bond donors (Lipinski definition) is 1. The molecule has 0 amide bonds. The van der Waals surface area contributed by atoms with Gasteiger partial charge in [-0.05, 0) is 32.2 Å². The van der Waals surface area contributed by atoms with Crippen LogP contribution in [0.4, 0.5) is 5.95 Å². The average Bonchev–Trinajstić information content (AvgIpc) is 2.64. The molecule has 0 spiro atoms. The van der Waals surface area contributed by atoms with Crippen molar-refractivity contribution in [1.29, 1.82) is 0 Å². The van der Waals surface area contributed by atoms with Crippen LogP contribution >= 0.6 is 0 Å². The van der Waals surface area contributed by atoms with Crippen molar-refractivity contribution < 1.29 is 0 Å². The van der Waals surface area contributed by atoms with E-state index in [0.29, 0.717) is 12.0 Å². The smallest absolute Gasteiger partial charge is 0.225 e. The van der Waals surface area contributed by atoms with Gasteiger partial charge in [0.2, 0.25) is 5.95 Å². The summed E-state index contributed by atoms with van der Waals surface area (Å²) in [6.45, 7) is 9.69. The summed E-state index contributed by atoms with van der Waals surface area (Å²) in [5.41, 5.74) is 1.16. The predicted molar refractivity (Wildman–Crippen MR) is 83.9 cm³/mol. The predicted octanol–water partition coefficient (Wildman–Crippen LogP) is 2.99. The van der Waals surface area contributed by atoms with E-state index >= 15 is 0 Å². The molecule has 1 aromatic rings. The minimum Gasteiger partial charge on any atom is -0.338 e. The maximum absolute atomic E-state index is 4.57. The van der Waals surface area contributed by atoms with Gasteiger partial charge in [0.25, 0.3) is 0 Å². The summed E-state index contributed by atoms with van der Waals surface area (Å²) in [6, 6.07) is 0.558. The Kier molecular flexibility index (Phi) is 5.77. The molecule has 1 atom stereocenters. The maximum atomic E-state index is 4.57. The minimum atomic E-state index is 0.558. The highest BCUT2D eigenvalue weighted by molar-refractivity contribution is 5.31. The lowest BCUT2D eigenvalue weighted by Crippen LogP contribution is -2.34. The molecule has 1 fully saturated rings. The van der Waals surface area contributed by atoms with Gasteiger partial charge in [-0.2, -0.15) is 0 Å². The summed E-state index contributed by atoms with van der Waals surface area (Å²) in [6.07, 6.45) is 9.10.